The number of rotatable bonds is 6. The second-order valence-corrected chi connectivity index (χ2v) is 7.82. The number of anilines is 1. The van der Waals surface area contributed by atoms with Crippen molar-refractivity contribution in [2.45, 2.75) is 31.8 Å². The normalized spacial score (nSPS) is 25.0. The molecule has 142 valence electrons. The lowest BCUT2D eigenvalue weighted by Crippen LogP contribution is -2.52. The number of benzene rings is 2. The lowest BCUT2D eigenvalue weighted by atomic mass is 9.85. The summed E-state index contributed by atoms with van der Waals surface area (Å²) in [7, 11) is 0. The van der Waals surface area contributed by atoms with Gasteiger partial charge < -0.3 is 10.1 Å². The summed E-state index contributed by atoms with van der Waals surface area (Å²) in [4.78, 5) is 15.5. The summed E-state index contributed by atoms with van der Waals surface area (Å²) in [6.07, 6.45) is 2.34. The molecular formula is C23H28N2O2. The number of ether oxygens (including phenoxy) is 1. The summed E-state index contributed by atoms with van der Waals surface area (Å²) in [5.74, 6) is 0.113. The Morgan fingerprint density at radius 3 is 2.44 bits per heavy atom. The Balaban J connectivity index is 1.48. The van der Waals surface area contributed by atoms with Crippen LogP contribution in [0, 0.1) is 12.8 Å². The summed E-state index contributed by atoms with van der Waals surface area (Å²) < 4.78 is 6.04. The molecule has 0 aliphatic carbocycles. The Bertz CT molecular complexity index is 752. The van der Waals surface area contributed by atoms with E-state index in [1.807, 2.05) is 42.5 Å². The maximum Gasteiger partial charge on any atom is 0.315 e. The van der Waals surface area contributed by atoms with E-state index in [4.69, 9.17) is 4.74 Å². The molecule has 3 saturated heterocycles. The lowest BCUT2D eigenvalue weighted by molar-refractivity contribution is -0.160. The summed E-state index contributed by atoms with van der Waals surface area (Å²) in [5, 5.41) is 3.40. The molecule has 0 amide bonds. The van der Waals surface area contributed by atoms with Gasteiger partial charge in [0.2, 0.25) is 0 Å². The van der Waals surface area contributed by atoms with Gasteiger partial charge in [-0.3, -0.25) is 9.69 Å². The summed E-state index contributed by atoms with van der Waals surface area (Å²) in [6.45, 7) is 5.79. The summed E-state index contributed by atoms with van der Waals surface area (Å²) >= 11 is 0. The Kier molecular flexibility index (Phi) is 5.44. The van der Waals surface area contributed by atoms with Gasteiger partial charge in [0.05, 0.1) is 5.92 Å². The largest absolute Gasteiger partial charge is 0.460 e. The molecule has 0 spiro atoms. The molecule has 2 aromatic carbocycles. The maximum atomic E-state index is 13.1. The SMILES string of the molecule is Cc1ccc(C(CNc2ccccc2)C(=O)OC2CN3CCC2CC3)cc1. The molecule has 3 aliphatic rings. The number of carbonyl (C=O) groups is 1. The van der Waals surface area contributed by atoms with Crippen molar-refractivity contribution in [2.24, 2.45) is 5.92 Å². The third-order valence-corrected chi connectivity index (χ3v) is 5.91. The minimum absolute atomic E-state index is 0.0460. The molecule has 3 aliphatic heterocycles. The number of piperidine rings is 3. The van der Waals surface area contributed by atoms with Gasteiger partial charge in [0.15, 0.2) is 0 Å². The van der Waals surface area contributed by atoms with Crippen LogP contribution < -0.4 is 5.32 Å². The molecule has 4 nitrogen and oxygen atoms in total. The minimum atomic E-state index is -0.304. The second-order valence-electron chi connectivity index (χ2n) is 7.82. The fraction of sp³-hybridized carbons (Fsp3) is 0.435. The monoisotopic (exact) mass is 364 g/mol. The van der Waals surface area contributed by atoms with Crippen molar-refractivity contribution in [3.8, 4) is 0 Å². The van der Waals surface area contributed by atoms with Crippen LogP contribution in [0.4, 0.5) is 5.69 Å². The average molecular weight is 364 g/mol. The van der Waals surface area contributed by atoms with Crippen LogP contribution in [0.5, 0.6) is 0 Å². The van der Waals surface area contributed by atoms with Crippen LogP contribution in [0.15, 0.2) is 54.6 Å². The molecule has 0 radical (unpaired) electrons. The number of hydrogen-bond acceptors (Lipinski definition) is 4. The molecular weight excluding hydrogens is 336 g/mol. The van der Waals surface area contributed by atoms with E-state index in [0.717, 1.165) is 43.7 Å². The van der Waals surface area contributed by atoms with Gasteiger partial charge in [0.1, 0.15) is 6.10 Å². The molecule has 2 aromatic rings. The van der Waals surface area contributed by atoms with E-state index in [0.29, 0.717) is 12.5 Å². The van der Waals surface area contributed by atoms with Gasteiger partial charge in [-0.25, -0.2) is 0 Å². The van der Waals surface area contributed by atoms with Gasteiger partial charge in [0.25, 0.3) is 0 Å². The first-order valence-corrected chi connectivity index (χ1v) is 9.97. The molecule has 3 fully saturated rings. The minimum Gasteiger partial charge on any atom is -0.460 e. The van der Waals surface area contributed by atoms with Crippen molar-refractivity contribution in [1.82, 2.24) is 4.90 Å². The van der Waals surface area contributed by atoms with E-state index < -0.39 is 0 Å². The molecule has 1 N–H and O–H groups in total. The molecule has 2 bridgehead atoms. The fourth-order valence-corrected chi connectivity index (χ4v) is 4.19. The van der Waals surface area contributed by atoms with Gasteiger partial charge >= 0.3 is 5.97 Å². The number of carbonyl (C=O) groups excluding carboxylic acids is 1. The number of nitrogens with one attached hydrogen (secondary N) is 1. The number of fused-ring (bicyclic) bond motifs is 3. The topological polar surface area (TPSA) is 41.6 Å². The van der Waals surface area contributed by atoms with Gasteiger partial charge in [-0.05, 0) is 56.5 Å². The van der Waals surface area contributed by atoms with Crippen LogP contribution in [0.3, 0.4) is 0 Å². The van der Waals surface area contributed by atoms with Gasteiger partial charge in [-0.15, -0.1) is 0 Å². The lowest BCUT2D eigenvalue weighted by Gasteiger charge is -2.44. The van der Waals surface area contributed by atoms with E-state index in [-0.39, 0.29) is 18.0 Å². The van der Waals surface area contributed by atoms with Gasteiger partial charge in [0, 0.05) is 18.8 Å². The van der Waals surface area contributed by atoms with Crippen molar-refractivity contribution in [2.75, 3.05) is 31.5 Å². The van der Waals surface area contributed by atoms with Gasteiger partial charge in [-0.2, -0.15) is 0 Å². The molecule has 2 unspecified atom stereocenters. The van der Waals surface area contributed by atoms with E-state index >= 15 is 0 Å². The number of aryl methyl sites for hydroxylation is 1. The quantitative estimate of drug-likeness (QED) is 0.791. The van der Waals surface area contributed by atoms with Crippen molar-refractivity contribution in [1.29, 1.82) is 0 Å². The predicted octanol–water partition coefficient (Wildman–Crippen LogP) is 3.83. The highest BCUT2D eigenvalue weighted by atomic mass is 16.5. The third-order valence-electron chi connectivity index (χ3n) is 5.91. The maximum absolute atomic E-state index is 13.1. The molecule has 5 rings (SSSR count). The van der Waals surface area contributed by atoms with Crippen LogP contribution in [-0.4, -0.2) is 43.2 Å². The molecule has 27 heavy (non-hydrogen) atoms. The molecule has 0 saturated carbocycles. The first-order chi connectivity index (χ1) is 13.2. The van der Waals surface area contributed by atoms with Crippen LogP contribution in [-0.2, 0) is 9.53 Å². The van der Waals surface area contributed by atoms with E-state index in [2.05, 4.69) is 29.3 Å². The average Bonchev–Trinajstić information content (AvgIpc) is 2.71. The van der Waals surface area contributed by atoms with Crippen molar-refractivity contribution in [3.63, 3.8) is 0 Å². The highest BCUT2D eigenvalue weighted by Gasteiger charge is 2.37. The first-order valence-electron chi connectivity index (χ1n) is 9.97. The molecule has 3 heterocycles. The Morgan fingerprint density at radius 2 is 1.81 bits per heavy atom. The van der Waals surface area contributed by atoms with E-state index in [1.165, 1.54) is 5.56 Å². The smallest absolute Gasteiger partial charge is 0.315 e. The number of hydrogen-bond donors (Lipinski definition) is 1. The molecule has 0 aromatic heterocycles. The Labute approximate surface area is 161 Å². The third kappa shape index (κ3) is 4.33. The Hall–Kier alpha value is -2.33. The second kappa shape index (κ2) is 8.13. The number of para-hydroxylation sites is 1. The number of nitrogens with zero attached hydrogens (tertiary/aromatic N) is 1. The molecule has 2 atom stereocenters. The zero-order valence-electron chi connectivity index (χ0n) is 15.9. The fourth-order valence-electron chi connectivity index (χ4n) is 4.19. The predicted molar refractivity (Wildman–Crippen MR) is 108 cm³/mol. The number of esters is 1. The zero-order chi connectivity index (χ0) is 18.6. The van der Waals surface area contributed by atoms with Crippen LogP contribution in [0.25, 0.3) is 0 Å². The molecule has 4 heteroatoms. The van der Waals surface area contributed by atoms with Crippen molar-refractivity contribution >= 4 is 11.7 Å². The van der Waals surface area contributed by atoms with E-state index in [9.17, 15) is 4.79 Å². The summed E-state index contributed by atoms with van der Waals surface area (Å²) in [6, 6.07) is 18.2. The van der Waals surface area contributed by atoms with E-state index in [1.54, 1.807) is 0 Å². The standard InChI is InChI=1S/C23H28N2O2/c1-17-7-9-18(10-8-17)21(15-24-20-5-3-2-4-6-20)23(26)27-22-16-25-13-11-19(22)12-14-25/h2-10,19,21-22,24H,11-16H2,1H3. The summed E-state index contributed by atoms with van der Waals surface area (Å²) in [5.41, 5.74) is 3.22. The van der Waals surface area contributed by atoms with Crippen LogP contribution in [0.2, 0.25) is 0 Å². The van der Waals surface area contributed by atoms with Gasteiger partial charge in [-0.1, -0.05) is 48.0 Å². The van der Waals surface area contributed by atoms with Crippen LogP contribution in [0.1, 0.15) is 29.9 Å². The highest BCUT2D eigenvalue weighted by Crippen LogP contribution is 2.31. The van der Waals surface area contributed by atoms with Crippen LogP contribution >= 0.6 is 0 Å². The zero-order valence-corrected chi connectivity index (χ0v) is 15.9. The van der Waals surface area contributed by atoms with Crippen molar-refractivity contribution < 1.29 is 9.53 Å². The highest BCUT2D eigenvalue weighted by molar-refractivity contribution is 5.79. The first kappa shape index (κ1) is 18.1. The van der Waals surface area contributed by atoms with Crippen molar-refractivity contribution in [3.05, 3.63) is 65.7 Å². The Morgan fingerprint density at radius 1 is 1.11 bits per heavy atom.